The van der Waals surface area contributed by atoms with Crippen LogP contribution in [0.2, 0.25) is 0 Å². The zero-order chi connectivity index (χ0) is 12.3. The van der Waals surface area contributed by atoms with E-state index in [0.717, 1.165) is 28.6 Å². The van der Waals surface area contributed by atoms with Gasteiger partial charge in [0.15, 0.2) is 5.82 Å². The van der Waals surface area contributed by atoms with E-state index in [0.29, 0.717) is 6.04 Å². The molecule has 4 nitrogen and oxygen atoms in total. The molecule has 0 saturated carbocycles. The Bertz CT molecular complexity index is 479. The molecule has 0 bridgehead atoms. The lowest BCUT2D eigenvalue weighted by atomic mass is 10.3. The topological polar surface area (TPSA) is 50.7 Å². The second-order valence-corrected chi connectivity index (χ2v) is 5.11. The molecule has 0 spiro atoms. The third-order valence-corrected chi connectivity index (χ3v) is 3.02. The molecular formula is C12H16N4S. The van der Waals surface area contributed by atoms with Crippen molar-refractivity contribution in [2.75, 3.05) is 0 Å². The highest BCUT2D eigenvalue weighted by atomic mass is 32.1. The first-order chi connectivity index (χ1) is 8.15. The second kappa shape index (κ2) is 5.33. The number of nitrogens with zero attached hydrogens (tertiary/aromatic N) is 3. The van der Waals surface area contributed by atoms with Crippen molar-refractivity contribution in [1.82, 2.24) is 20.3 Å². The van der Waals surface area contributed by atoms with Gasteiger partial charge < -0.3 is 5.32 Å². The zero-order valence-corrected chi connectivity index (χ0v) is 11.1. The normalized spacial score (nSPS) is 11.1. The van der Waals surface area contributed by atoms with Crippen molar-refractivity contribution in [1.29, 1.82) is 0 Å². The van der Waals surface area contributed by atoms with Gasteiger partial charge in [-0.2, -0.15) is 0 Å². The van der Waals surface area contributed by atoms with Crippen LogP contribution in [0, 0.1) is 6.92 Å². The maximum Gasteiger partial charge on any atom is 0.171 e. The molecule has 0 atom stereocenters. The van der Waals surface area contributed by atoms with Gasteiger partial charge in [0, 0.05) is 24.5 Å². The summed E-state index contributed by atoms with van der Waals surface area (Å²) in [6.45, 7) is 7.01. The van der Waals surface area contributed by atoms with Gasteiger partial charge in [-0.25, -0.2) is 9.97 Å². The molecule has 0 aliphatic rings. The molecule has 2 heterocycles. The Morgan fingerprint density at radius 1 is 1.35 bits per heavy atom. The summed E-state index contributed by atoms with van der Waals surface area (Å²) in [5, 5.41) is 3.36. The number of aryl methyl sites for hydroxylation is 1. The predicted octanol–water partition coefficient (Wildman–Crippen LogP) is 2.41. The number of thiazole rings is 1. The molecule has 5 heteroatoms. The molecule has 90 valence electrons. The average molecular weight is 248 g/mol. The van der Waals surface area contributed by atoms with Crippen molar-refractivity contribution < 1.29 is 0 Å². The van der Waals surface area contributed by atoms with Gasteiger partial charge >= 0.3 is 0 Å². The average Bonchev–Trinajstić information content (AvgIpc) is 2.79. The van der Waals surface area contributed by atoms with Gasteiger partial charge in [-0.3, -0.25) is 4.98 Å². The Labute approximate surface area is 105 Å². The monoisotopic (exact) mass is 248 g/mol. The molecular weight excluding hydrogens is 232 g/mol. The first kappa shape index (κ1) is 12.1. The Hall–Kier alpha value is -1.33. The first-order valence-corrected chi connectivity index (χ1v) is 6.50. The number of hydrogen-bond donors (Lipinski definition) is 1. The number of hydrogen-bond acceptors (Lipinski definition) is 5. The van der Waals surface area contributed by atoms with Crippen LogP contribution in [0.1, 0.15) is 25.2 Å². The highest BCUT2D eigenvalue weighted by Gasteiger charge is 2.06. The van der Waals surface area contributed by atoms with Crippen LogP contribution in [0.25, 0.3) is 10.7 Å². The highest BCUT2D eigenvalue weighted by molar-refractivity contribution is 7.13. The maximum atomic E-state index is 4.54. The summed E-state index contributed by atoms with van der Waals surface area (Å²) in [6.07, 6.45) is 1.80. The van der Waals surface area contributed by atoms with Crippen molar-refractivity contribution >= 4 is 11.3 Å². The molecule has 0 unspecified atom stereocenters. The molecule has 0 aromatic carbocycles. The van der Waals surface area contributed by atoms with E-state index in [1.54, 1.807) is 23.0 Å². The van der Waals surface area contributed by atoms with Gasteiger partial charge in [0.2, 0.25) is 0 Å². The van der Waals surface area contributed by atoms with Crippen molar-refractivity contribution in [2.24, 2.45) is 0 Å². The molecule has 0 radical (unpaired) electrons. The lowest BCUT2D eigenvalue weighted by Crippen LogP contribution is -2.22. The van der Waals surface area contributed by atoms with Crippen molar-refractivity contribution in [2.45, 2.75) is 33.4 Å². The SMILES string of the molecule is Cc1cc(CNC(C)C)nc(-c2cncs2)n1. The summed E-state index contributed by atoms with van der Waals surface area (Å²) in [7, 11) is 0. The maximum absolute atomic E-state index is 4.54. The van der Waals surface area contributed by atoms with Crippen LogP contribution in [0.4, 0.5) is 0 Å². The standard InChI is InChI=1S/C12H16N4S/c1-8(2)14-5-10-4-9(3)15-12(16-10)11-6-13-7-17-11/h4,6-8,14H,5H2,1-3H3. The molecule has 2 aromatic heterocycles. The minimum absolute atomic E-state index is 0.456. The van der Waals surface area contributed by atoms with E-state index in [2.05, 4.69) is 34.1 Å². The Balaban J connectivity index is 2.24. The van der Waals surface area contributed by atoms with Crippen LogP contribution in [0.3, 0.4) is 0 Å². The van der Waals surface area contributed by atoms with Crippen molar-refractivity contribution in [3.05, 3.63) is 29.2 Å². The fraction of sp³-hybridized carbons (Fsp3) is 0.417. The van der Waals surface area contributed by atoms with E-state index >= 15 is 0 Å². The zero-order valence-electron chi connectivity index (χ0n) is 10.3. The Morgan fingerprint density at radius 2 is 2.18 bits per heavy atom. The molecule has 0 amide bonds. The molecule has 1 N–H and O–H groups in total. The molecule has 2 aromatic rings. The van der Waals surface area contributed by atoms with Crippen LogP contribution < -0.4 is 5.32 Å². The Kier molecular flexibility index (Phi) is 3.81. The molecule has 0 saturated heterocycles. The van der Waals surface area contributed by atoms with Gasteiger partial charge in [0.1, 0.15) is 0 Å². The van der Waals surface area contributed by atoms with Crippen LogP contribution in [-0.4, -0.2) is 21.0 Å². The minimum atomic E-state index is 0.456. The third kappa shape index (κ3) is 3.31. The predicted molar refractivity (Wildman–Crippen MR) is 69.9 cm³/mol. The Morgan fingerprint density at radius 3 is 2.82 bits per heavy atom. The molecule has 0 aliphatic carbocycles. The van der Waals surface area contributed by atoms with Gasteiger partial charge in [-0.05, 0) is 13.0 Å². The summed E-state index contributed by atoms with van der Waals surface area (Å²) in [5.41, 5.74) is 3.81. The largest absolute Gasteiger partial charge is 0.309 e. The second-order valence-electron chi connectivity index (χ2n) is 4.23. The van der Waals surface area contributed by atoms with E-state index in [1.807, 2.05) is 13.0 Å². The highest BCUT2D eigenvalue weighted by Crippen LogP contribution is 2.19. The molecule has 17 heavy (non-hydrogen) atoms. The smallest absolute Gasteiger partial charge is 0.171 e. The lowest BCUT2D eigenvalue weighted by Gasteiger charge is -2.08. The van der Waals surface area contributed by atoms with E-state index in [-0.39, 0.29) is 0 Å². The van der Waals surface area contributed by atoms with Crippen LogP contribution in [0.15, 0.2) is 17.8 Å². The van der Waals surface area contributed by atoms with E-state index in [1.165, 1.54) is 0 Å². The summed E-state index contributed by atoms with van der Waals surface area (Å²) in [4.78, 5) is 14.0. The van der Waals surface area contributed by atoms with E-state index in [9.17, 15) is 0 Å². The summed E-state index contributed by atoms with van der Waals surface area (Å²) in [5.74, 6) is 0.771. The van der Waals surface area contributed by atoms with Crippen molar-refractivity contribution in [3.63, 3.8) is 0 Å². The summed E-state index contributed by atoms with van der Waals surface area (Å²) < 4.78 is 0. The van der Waals surface area contributed by atoms with Crippen LogP contribution in [-0.2, 0) is 6.54 Å². The van der Waals surface area contributed by atoms with Crippen LogP contribution in [0.5, 0.6) is 0 Å². The fourth-order valence-corrected chi connectivity index (χ4v) is 2.02. The summed E-state index contributed by atoms with van der Waals surface area (Å²) >= 11 is 1.56. The van der Waals surface area contributed by atoms with E-state index < -0.39 is 0 Å². The summed E-state index contributed by atoms with van der Waals surface area (Å²) in [6, 6.07) is 2.47. The lowest BCUT2D eigenvalue weighted by molar-refractivity contribution is 0.580. The molecule has 0 fully saturated rings. The van der Waals surface area contributed by atoms with E-state index in [4.69, 9.17) is 0 Å². The number of nitrogens with one attached hydrogen (secondary N) is 1. The van der Waals surface area contributed by atoms with Gasteiger partial charge in [0.25, 0.3) is 0 Å². The van der Waals surface area contributed by atoms with Gasteiger partial charge in [-0.1, -0.05) is 13.8 Å². The molecule has 2 rings (SSSR count). The van der Waals surface area contributed by atoms with Gasteiger partial charge in [0.05, 0.1) is 16.1 Å². The minimum Gasteiger partial charge on any atom is -0.309 e. The van der Waals surface area contributed by atoms with Crippen LogP contribution >= 0.6 is 11.3 Å². The van der Waals surface area contributed by atoms with Crippen molar-refractivity contribution in [3.8, 4) is 10.7 Å². The third-order valence-electron chi connectivity index (χ3n) is 2.25. The first-order valence-electron chi connectivity index (χ1n) is 5.62. The fourth-order valence-electron chi connectivity index (χ4n) is 1.47. The molecule has 0 aliphatic heterocycles. The van der Waals surface area contributed by atoms with Gasteiger partial charge in [-0.15, -0.1) is 11.3 Å². The quantitative estimate of drug-likeness (QED) is 0.902. The number of rotatable bonds is 4. The number of aromatic nitrogens is 3.